The van der Waals surface area contributed by atoms with E-state index in [2.05, 4.69) is 25.6 Å². The maximum Gasteiger partial charge on any atom is 0.229 e. The van der Waals surface area contributed by atoms with Gasteiger partial charge in [-0.25, -0.2) is 15.0 Å². The summed E-state index contributed by atoms with van der Waals surface area (Å²) < 4.78 is 1.89. The summed E-state index contributed by atoms with van der Waals surface area (Å²) in [6, 6.07) is 9.34. The van der Waals surface area contributed by atoms with Gasteiger partial charge in [-0.05, 0) is 31.2 Å². The standard InChI is InChI=1S/C19H22N6O/c1-13-20-9-10-25(13)17-11-16(21-12-22-17)23-14-5-7-15(8-6-14)24-18(26)19(2,3)4/h5-12H,1-4H3,(H,24,26)(H,21,22,23). The van der Waals surface area contributed by atoms with Crippen LogP contribution >= 0.6 is 0 Å². The van der Waals surface area contributed by atoms with Crippen LogP contribution in [0.15, 0.2) is 49.1 Å². The van der Waals surface area contributed by atoms with Crippen molar-refractivity contribution < 1.29 is 4.79 Å². The fourth-order valence-electron chi connectivity index (χ4n) is 2.27. The molecule has 1 amide bonds. The molecule has 26 heavy (non-hydrogen) atoms. The smallest absolute Gasteiger partial charge is 0.229 e. The first-order valence-electron chi connectivity index (χ1n) is 8.34. The van der Waals surface area contributed by atoms with Crippen molar-refractivity contribution in [2.24, 2.45) is 5.41 Å². The minimum atomic E-state index is -0.431. The molecule has 0 saturated heterocycles. The van der Waals surface area contributed by atoms with Gasteiger partial charge >= 0.3 is 0 Å². The summed E-state index contributed by atoms with van der Waals surface area (Å²) in [5, 5.41) is 6.14. The lowest BCUT2D eigenvalue weighted by Crippen LogP contribution is -2.27. The number of hydrogen-bond donors (Lipinski definition) is 2. The van der Waals surface area contributed by atoms with Crippen molar-refractivity contribution in [1.29, 1.82) is 0 Å². The maximum absolute atomic E-state index is 12.0. The first-order chi connectivity index (χ1) is 12.3. The van der Waals surface area contributed by atoms with Crippen LogP contribution in [-0.4, -0.2) is 25.4 Å². The molecule has 0 bridgehead atoms. The minimum absolute atomic E-state index is 0.0191. The van der Waals surface area contributed by atoms with E-state index < -0.39 is 5.41 Å². The third kappa shape index (κ3) is 4.05. The predicted molar refractivity (Wildman–Crippen MR) is 102 cm³/mol. The average molecular weight is 350 g/mol. The molecule has 7 nitrogen and oxygen atoms in total. The van der Waals surface area contributed by atoms with E-state index >= 15 is 0 Å². The number of nitrogens with one attached hydrogen (secondary N) is 2. The second-order valence-corrected chi connectivity index (χ2v) is 7.01. The number of aromatic nitrogens is 4. The normalized spacial score (nSPS) is 11.2. The molecular formula is C19H22N6O. The Labute approximate surface area is 152 Å². The fraction of sp³-hybridized carbons (Fsp3) is 0.263. The van der Waals surface area contributed by atoms with E-state index in [0.29, 0.717) is 5.82 Å². The molecule has 2 aromatic heterocycles. The molecule has 3 aromatic rings. The highest BCUT2D eigenvalue weighted by molar-refractivity contribution is 5.94. The average Bonchev–Trinajstić information content (AvgIpc) is 3.02. The molecule has 2 heterocycles. The zero-order chi connectivity index (χ0) is 18.7. The second-order valence-electron chi connectivity index (χ2n) is 7.01. The topological polar surface area (TPSA) is 84.7 Å². The van der Waals surface area contributed by atoms with Crippen molar-refractivity contribution in [2.75, 3.05) is 10.6 Å². The second kappa shape index (κ2) is 6.95. The predicted octanol–water partition coefficient (Wildman–Crippen LogP) is 3.70. The van der Waals surface area contributed by atoms with Gasteiger partial charge in [-0.3, -0.25) is 9.36 Å². The lowest BCUT2D eigenvalue weighted by atomic mass is 9.95. The van der Waals surface area contributed by atoms with Gasteiger partial charge in [0.05, 0.1) is 0 Å². The molecule has 134 valence electrons. The number of aryl methyl sites for hydroxylation is 1. The fourth-order valence-corrected chi connectivity index (χ4v) is 2.27. The number of anilines is 3. The zero-order valence-corrected chi connectivity index (χ0v) is 15.3. The van der Waals surface area contributed by atoms with Crippen LogP contribution in [-0.2, 0) is 4.79 Å². The highest BCUT2D eigenvalue weighted by Crippen LogP contribution is 2.21. The van der Waals surface area contributed by atoms with E-state index in [4.69, 9.17) is 0 Å². The molecule has 0 fully saturated rings. The van der Waals surface area contributed by atoms with Gasteiger partial charge in [-0.2, -0.15) is 0 Å². The van der Waals surface area contributed by atoms with Crippen molar-refractivity contribution in [3.63, 3.8) is 0 Å². The van der Waals surface area contributed by atoms with Crippen LogP contribution in [0, 0.1) is 12.3 Å². The summed E-state index contributed by atoms with van der Waals surface area (Å²) in [7, 11) is 0. The molecule has 0 saturated carbocycles. The number of carbonyl (C=O) groups is 1. The number of carbonyl (C=O) groups excluding carboxylic acids is 1. The van der Waals surface area contributed by atoms with E-state index in [0.717, 1.165) is 23.0 Å². The summed E-state index contributed by atoms with van der Waals surface area (Å²) in [5.41, 5.74) is 1.19. The van der Waals surface area contributed by atoms with Crippen LogP contribution in [0.4, 0.5) is 17.2 Å². The Kier molecular flexibility index (Phi) is 4.71. The monoisotopic (exact) mass is 350 g/mol. The molecule has 0 radical (unpaired) electrons. The molecule has 0 aliphatic heterocycles. The molecule has 1 aromatic carbocycles. The van der Waals surface area contributed by atoms with Crippen LogP contribution < -0.4 is 10.6 Å². The van der Waals surface area contributed by atoms with Crippen molar-refractivity contribution in [3.8, 4) is 5.82 Å². The number of nitrogens with zero attached hydrogens (tertiary/aromatic N) is 4. The maximum atomic E-state index is 12.0. The largest absolute Gasteiger partial charge is 0.340 e. The first-order valence-corrected chi connectivity index (χ1v) is 8.34. The molecular weight excluding hydrogens is 328 g/mol. The van der Waals surface area contributed by atoms with Crippen LogP contribution in [0.25, 0.3) is 5.82 Å². The Morgan fingerprint density at radius 1 is 1.04 bits per heavy atom. The Bertz CT molecular complexity index is 908. The molecule has 0 spiro atoms. The van der Waals surface area contributed by atoms with Gasteiger partial charge in [-0.1, -0.05) is 20.8 Å². The van der Waals surface area contributed by atoms with Crippen LogP contribution in [0.1, 0.15) is 26.6 Å². The Hall–Kier alpha value is -3.22. The Balaban J connectivity index is 1.72. The lowest BCUT2D eigenvalue weighted by Gasteiger charge is -2.17. The van der Waals surface area contributed by atoms with Gasteiger partial charge in [0.2, 0.25) is 5.91 Å². The third-order valence-electron chi connectivity index (χ3n) is 3.82. The van der Waals surface area contributed by atoms with E-state index in [1.165, 1.54) is 6.33 Å². The molecule has 0 aliphatic rings. The quantitative estimate of drug-likeness (QED) is 0.749. The summed E-state index contributed by atoms with van der Waals surface area (Å²) in [6.07, 6.45) is 5.10. The zero-order valence-electron chi connectivity index (χ0n) is 15.3. The highest BCUT2D eigenvalue weighted by atomic mass is 16.2. The van der Waals surface area contributed by atoms with Crippen molar-refractivity contribution in [3.05, 3.63) is 54.9 Å². The van der Waals surface area contributed by atoms with E-state index in [1.54, 1.807) is 6.20 Å². The molecule has 3 rings (SSSR count). The molecule has 2 N–H and O–H groups in total. The van der Waals surface area contributed by atoms with Crippen molar-refractivity contribution >= 4 is 23.1 Å². The van der Waals surface area contributed by atoms with Gasteiger partial charge < -0.3 is 10.6 Å². The minimum Gasteiger partial charge on any atom is -0.340 e. The number of rotatable bonds is 4. The Morgan fingerprint density at radius 3 is 2.35 bits per heavy atom. The van der Waals surface area contributed by atoms with Gasteiger partial charge in [-0.15, -0.1) is 0 Å². The summed E-state index contributed by atoms with van der Waals surface area (Å²) in [5.74, 6) is 2.25. The lowest BCUT2D eigenvalue weighted by molar-refractivity contribution is -0.123. The van der Waals surface area contributed by atoms with Gasteiger partial charge in [0.15, 0.2) is 0 Å². The van der Waals surface area contributed by atoms with E-state index in [1.807, 2.05) is 68.8 Å². The molecule has 7 heteroatoms. The van der Waals surface area contributed by atoms with E-state index in [9.17, 15) is 4.79 Å². The van der Waals surface area contributed by atoms with Gasteiger partial charge in [0.25, 0.3) is 0 Å². The molecule has 0 unspecified atom stereocenters. The van der Waals surface area contributed by atoms with Crippen LogP contribution in [0.2, 0.25) is 0 Å². The molecule has 0 aliphatic carbocycles. The summed E-state index contributed by atoms with van der Waals surface area (Å²) in [4.78, 5) is 24.8. The number of benzene rings is 1. The summed E-state index contributed by atoms with van der Waals surface area (Å²) >= 11 is 0. The van der Waals surface area contributed by atoms with Crippen molar-refractivity contribution in [1.82, 2.24) is 19.5 Å². The van der Waals surface area contributed by atoms with Gasteiger partial charge in [0, 0.05) is 35.2 Å². The summed E-state index contributed by atoms with van der Waals surface area (Å²) in [6.45, 7) is 7.56. The highest BCUT2D eigenvalue weighted by Gasteiger charge is 2.20. The SMILES string of the molecule is Cc1nccn1-c1cc(Nc2ccc(NC(=O)C(C)(C)C)cc2)ncn1. The number of imidazole rings is 1. The van der Waals surface area contributed by atoms with Crippen LogP contribution in [0.5, 0.6) is 0 Å². The third-order valence-corrected chi connectivity index (χ3v) is 3.82. The van der Waals surface area contributed by atoms with E-state index in [-0.39, 0.29) is 5.91 Å². The van der Waals surface area contributed by atoms with Crippen molar-refractivity contribution in [2.45, 2.75) is 27.7 Å². The first kappa shape index (κ1) is 17.6. The Morgan fingerprint density at radius 2 is 1.73 bits per heavy atom. The molecule has 0 atom stereocenters. The number of hydrogen-bond acceptors (Lipinski definition) is 5. The number of amides is 1. The van der Waals surface area contributed by atoms with Crippen LogP contribution in [0.3, 0.4) is 0 Å². The van der Waals surface area contributed by atoms with Gasteiger partial charge in [0.1, 0.15) is 23.8 Å².